The van der Waals surface area contributed by atoms with Crippen molar-refractivity contribution in [1.82, 2.24) is 0 Å². The minimum Gasteiger partial charge on any atom is -0.497 e. The summed E-state index contributed by atoms with van der Waals surface area (Å²) >= 11 is 0. The van der Waals surface area contributed by atoms with Crippen LogP contribution in [0.1, 0.15) is 26.3 Å². The predicted octanol–water partition coefficient (Wildman–Crippen LogP) is 4.15. The second kappa shape index (κ2) is 9.37. The first-order valence-corrected chi connectivity index (χ1v) is 11.3. The second-order valence-electron chi connectivity index (χ2n) is 7.43. The molecule has 0 spiro atoms. The molecule has 0 aliphatic rings. The molecule has 1 atom stereocenters. The van der Waals surface area contributed by atoms with Gasteiger partial charge in [-0.1, -0.05) is 45.1 Å². The molecule has 0 saturated heterocycles. The molecule has 0 fully saturated rings. The maximum Gasteiger partial charge on any atom is 0.192 e. The van der Waals surface area contributed by atoms with Crippen LogP contribution >= 0.6 is 0 Å². The van der Waals surface area contributed by atoms with Crippen molar-refractivity contribution in [3.05, 3.63) is 42.0 Å². The average Bonchev–Trinajstić information content (AvgIpc) is 2.51. The van der Waals surface area contributed by atoms with E-state index in [-0.39, 0.29) is 11.6 Å². The van der Waals surface area contributed by atoms with Gasteiger partial charge in [-0.3, -0.25) is 0 Å². The summed E-state index contributed by atoms with van der Waals surface area (Å²) < 4.78 is 16.7. The van der Waals surface area contributed by atoms with Crippen molar-refractivity contribution in [3.63, 3.8) is 0 Å². The summed E-state index contributed by atoms with van der Waals surface area (Å²) in [6.45, 7) is 12.3. The lowest BCUT2D eigenvalue weighted by Gasteiger charge is -2.35. The Bertz CT molecular complexity index is 503. The van der Waals surface area contributed by atoms with Gasteiger partial charge in [-0.25, -0.2) is 0 Å². The Balaban J connectivity index is 2.27. The van der Waals surface area contributed by atoms with Crippen LogP contribution in [0, 0.1) is 0 Å². The third-order valence-electron chi connectivity index (χ3n) is 4.42. The Morgan fingerprint density at radius 3 is 2.33 bits per heavy atom. The number of aliphatic hydroxyl groups is 1. The molecule has 0 heterocycles. The molecule has 1 aromatic carbocycles. The van der Waals surface area contributed by atoms with Crippen LogP contribution in [0.5, 0.6) is 5.75 Å². The van der Waals surface area contributed by atoms with Crippen LogP contribution in [-0.4, -0.2) is 39.9 Å². The van der Waals surface area contributed by atoms with E-state index in [1.165, 1.54) is 0 Å². The van der Waals surface area contributed by atoms with Crippen LogP contribution in [-0.2, 0) is 15.8 Å². The van der Waals surface area contributed by atoms with Crippen LogP contribution in [0.3, 0.4) is 0 Å². The van der Waals surface area contributed by atoms with Crippen molar-refractivity contribution < 1.29 is 19.0 Å². The van der Waals surface area contributed by atoms with Crippen molar-refractivity contribution in [2.45, 2.75) is 51.6 Å². The van der Waals surface area contributed by atoms with E-state index in [1.807, 2.05) is 30.3 Å². The number of hydrogen-bond acceptors (Lipinski definition) is 4. The van der Waals surface area contributed by atoms with E-state index in [4.69, 9.17) is 13.9 Å². The molecule has 5 heteroatoms. The molecule has 0 aliphatic carbocycles. The minimum atomic E-state index is -1.73. The molecule has 0 unspecified atom stereocenters. The normalized spacial score (nSPS) is 14.1. The van der Waals surface area contributed by atoms with Crippen molar-refractivity contribution in [3.8, 4) is 5.75 Å². The van der Waals surface area contributed by atoms with Gasteiger partial charge in [0.15, 0.2) is 8.32 Å². The number of aliphatic hydroxyl groups excluding tert-OH is 1. The first kappa shape index (κ1) is 20.9. The van der Waals surface area contributed by atoms with Crippen LogP contribution in [0.4, 0.5) is 0 Å². The summed E-state index contributed by atoms with van der Waals surface area (Å²) in [5.74, 6) is 0.823. The van der Waals surface area contributed by atoms with Gasteiger partial charge < -0.3 is 19.0 Å². The third-order valence-corrected chi connectivity index (χ3v) is 8.92. The minimum absolute atomic E-state index is 0.195. The quantitative estimate of drug-likeness (QED) is 0.536. The molecular formula is C19H32O4Si. The topological polar surface area (TPSA) is 47.9 Å². The van der Waals surface area contributed by atoms with Gasteiger partial charge in [0, 0.05) is 0 Å². The van der Waals surface area contributed by atoms with E-state index in [0.29, 0.717) is 13.2 Å². The highest BCUT2D eigenvalue weighted by atomic mass is 28.4. The van der Waals surface area contributed by atoms with E-state index >= 15 is 0 Å². The van der Waals surface area contributed by atoms with Crippen molar-refractivity contribution >= 4 is 8.32 Å². The maximum atomic E-state index is 9.92. The van der Waals surface area contributed by atoms with Gasteiger partial charge in [0.2, 0.25) is 0 Å². The molecule has 0 amide bonds. The molecule has 0 aliphatic heterocycles. The van der Waals surface area contributed by atoms with Gasteiger partial charge in [-0.2, -0.15) is 0 Å². The van der Waals surface area contributed by atoms with E-state index in [1.54, 1.807) is 13.2 Å². The number of hydrogen-bond donors (Lipinski definition) is 1. The first-order valence-electron chi connectivity index (χ1n) is 8.35. The average molecular weight is 353 g/mol. The standard InChI is InChI=1S/C19H32O4Si/c1-19(2,3)24(5,6)23-13-7-8-17(20)15-22-14-16-9-11-18(21-4)12-10-16/h7-12,17,20H,13-15H2,1-6H3/b8-7-/t17-/m0/s1. The first-order chi connectivity index (χ1) is 11.2. The van der Waals surface area contributed by atoms with Crippen LogP contribution < -0.4 is 4.74 Å². The fraction of sp³-hybridized carbons (Fsp3) is 0.579. The van der Waals surface area contributed by atoms with Crippen molar-refractivity contribution in [2.24, 2.45) is 0 Å². The predicted molar refractivity (Wildman–Crippen MR) is 101 cm³/mol. The van der Waals surface area contributed by atoms with E-state index in [2.05, 4.69) is 33.9 Å². The summed E-state index contributed by atoms with van der Waals surface area (Å²) in [6, 6.07) is 7.70. The fourth-order valence-corrected chi connectivity index (χ4v) is 2.71. The Morgan fingerprint density at radius 2 is 1.79 bits per heavy atom. The Hall–Kier alpha value is -1.14. The van der Waals surface area contributed by atoms with E-state index in [9.17, 15) is 5.11 Å². The zero-order chi connectivity index (χ0) is 18.2. The largest absolute Gasteiger partial charge is 0.497 e. The summed E-state index contributed by atoms with van der Waals surface area (Å²) in [5.41, 5.74) is 1.05. The molecule has 0 radical (unpaired) electrons. The van der Waals surface area contributed by atoms with Crippen molar-refractivity contribution in [2.75, 3.05) is 20.3 Å². The van der Waals surface area contributed by atoms with E-state index < -0.39 is 14.4 Å². The van der Waals surface area contributed by atoms with Gasteiger partial charge in [0.25, 0.3) is 0 Å². The fourth-order valence-electron chi connectivity index (χ4n) is 1.76. The number of ether oxygens (including phenoxy) is 2. The lowest BCUT2D eigenvalue weighted by molar-refractivity contribution is 0.0501. The van der Waals surface area contributed by atoms with Gasteiger partial charge in [0.1, 0.15) is 5.75 Å². The molecule has 1 N–H and O–H groups in total. The molecule has 4 nitrogen and oxygen atoms in total. The Kier molecular flexibility index (Phi) is 8.16. The maximum absolute atomic E-state index is 9.92. The molecule has 0 saturated carbocycles. The highest BCUT2D eigenvalue weighted by molar-refractivity contribution is 6.74. The van der Waals surface area contributed by atoms with Gasteiger partial charge in [-0.15, -0.1) is 0 Å². The lowest BCUT2D eigenvalue weighted by atomic mass is 10.2. The monoisotopic (exact) mass is 352 g/mol. The Morgan fingerprint density at radius 1 is 1.17 bits per heavy atom. The lowest BCUT2D eigenvalue weighted by Crippen LogP contribution is -2.40. The third kappa shape index (κ3) is 7.17. The zero-order valence-corrected chi connectivity index (χ0v) is 16.8. The summed E-state index contributed by atoms with van der Waals surface area (Å²) in [7, 11) is -0.0868. The SMILES string of the molecule is COc1ccc(COC[C@@H](O)/C=C\CO[Si](C)(C)C(C)(C)C)cc1. The molecule has 1 rings (SSSR count). The summed E-state index contributed by atoms with van der Waals surface area (Å²) in [4.78, 5) is 0. The molecule has 24 heavy (non-hydrogen) atoms. The van der Waals surface area contributed by atoms with Crippen LogP contribution in [0.2, 0.25) is 18.1 Å². The summed E-state index contributed by atoms with van der Waals surface area (Å²) in [5, 5.41) is 10.1. The molecular weight excluding hydrogens is 320 g/mol. The Labute approximate surface area is 147 Å². The van der Waals surface area contributed by atoms with Gasteiger partial charge in [0.05, 0.1) is 33.0 Å². The van der Waals surface area contributed by atoms with Gasteiger partial charge in [-0.05, 0) is 35.8 Å². The zero-order valence-electron chi connectivity index (χ0n) is 15.8. The smallest absolute Gasteiger partial charge is 0.192 e. The summed E-state index contributed by atoms with van der Waals surface area (Å²) in [6.07, 6.45) is 2.99. The highest BCUT2D eigenvalue weighted by Gasteiger charge is 2.36. The number of methoxy groups -OCH3 is 1. The highest BCUT2D eigenvalue weighted by Crippen LogP contribution is 2.36. The van der Waals surface area contributed by atoms with Crippen LogP contribution in [0.25, 0.3) is 0 Å². The molecule has 1 aromatic rings. The van der Waals surface area contributed by atoms with E-state index in [0.717, 1.165) is 11.3 Å². The van der Waals surface area contributed by atoms with Crippen LogP contribution in [0.15, 0.2) is 36.4 Å². The molecule has 136 valence electrons. The molecule has 0 bridgehead atoms. The van der Waals surface area contributed by atoms with Gasteiger partial charge >= 0.3 is 0 Å². The number of rotatable bonds is 9. The number of benzene rings is 1. The molecule has 0 aromatic heterocycles. The van der Waals surface area contributed by atoms with Crippen molar-refractivity contribution in [1.29, 1.82) is 0 Å². The second-order valence-corrected chi connectivity index (χ2v) is 12.2.